The van der Waals surface area contributed by atoms with Gasteiger partial charge in [0.1, 0.15) is 0 Å². The molecule has 108 valence electrons. The molecule has 1 heterocycles. The molecule has 0 bridgehead atoms. The molecule has 2 aromatic rings. The molecular formula is C15H14N2O4. The summed E-state index contributed by atoms with van der Waals surface area (Å²) in [5, 5.41) is 12.0. The lowest BCUT2D eigenvalue weighted by Crippen LogP contribution is -2.04. The molecule has 2 N–H and O–H groups in total. The van der Waals surface area contributed by atoms with Crippen LogP contribution in [0.3, 0.4) is 0 Å². The lowest BCUT2D eigenvalue weighted by molar-refractivity contribution is 0.0599. The molecule has 0 amide bonds. The zero-order valence-electron chi connectivity index (χ0n) is 11.4. The first kappa shape index (κ1) is 14.5. The molecule has 0 aliphatic heterocycles. The minimum atomic E-state index is -1.02. The minimum absolute atomic E-state index is 0.126. The van der Waals surface area contributed by atoms with E-state index in [2.05, 4.69) is 15.0 Å². The second kappa shape index (κ2) is 6.51. The van der Waals surface area contributed by atoms with Crippen molar-refractivity contribution in [1.82, 2.24) is 4.98 Å². The van der Waals surface area contributed by atoms with Crippen molar-refractivity contribution in [2.24, 2.45) is 0 Å². The maximum atomic E-state index is 11.3. The molecule has 0 fully saturated rings. The zero-order valence-corrected chi connectivity index (χ0v) is 11.4. The number of hydrogen-bond acceptors (Lipinski definition) is 5. The Morgan fingerprint density at radius 2 is 1.90 bits per heavy atom. The van der Waals surface area contributed by atoms with Crippen LogP contribution in [-0.4, -0.2) is 29.1 Å². The lowest BCUT2D eigenvalue weighted by Gasteiger charge is -2.07. The number of benzene rings is 1. The first-order valence-corrected chi connectivity index (χ1v) is 6.19. The van der Waals surface area contributed by atoms with Crippen LogP contribution in [0.25, 0.3) is 0 Å². The van der Waals surface area contributed by atoms with Gasteiger partial charge in [0.25, 0.3) is 0 Å². The summed E-state index contributed by atoms with van der Waals surface area (Å²) in [7, 11) is 1.33. The highest BCUT2D eigenvalue weighted by Gasteiger charge is 2.05. The Labute approximate surface area is 121 Å². The van der Waals surface area contributed by atoms with Gasteiger partial charge in [-0.2, -0.15) is 0 Å². The van der Waals surface area contributed by atoms with Gasteiger partial charge in [0.05, 0.1) is 23.9 Å². The number of nitrogens with zero attached hydrogens (tertiary/aromatic N) is 1. The van der Waals surface area contributed by atoms with Crippen molar-refractivity contribution in [3.05, 3.63) is 59.4 Å². The van der Waals surface area contributed by atoms with Crippen LogP contribution in [0.15, 0.2) is 42.7 Å². The van der Waals surface area contributed by atoms with E-state index in [4.69, 9.17) is 5.11 Å². The van der Waals surface area contributed by atoms with Crippen molar-refractivity contribution in [3.8, 4) is 0 Å². The fourth-order valence-corrected chi connectivity index (χ4v) is 1.73. The zero-order chi connectivity index (χ0) is 15.2. The predicted molar refractivity (Wildman–Crippen MR) is 76.3 cm³/mol. The largest absolute Gasteiger partial charge is 0.478 e. The Hall–Kier alpha value is -2.89. The molecular weight excluding hydrogens is 272 g/mol. The van der Waals surface area contributed by atoms with Crippen LogP contribution in [0.2, 0.25) is 0 Å². The Kier molecular flexibility index (Phi) is 4.50. The molecule has 0 spiro atoms. The molecule has 2 rings (SSSR count). The van der Waals surface area contributed by atoms with Crippen molar-refractivity contribution < 1.29 is 19.4 Å². The van der Waals surface area contributed by atoms with Crippen LogP contribution in [0.1, 0.15) is 26.3 Å². The highest BCUT2D eigenvalue weighted by Crippen LogP contribution is 2.11. The maximum Gasteiger partial charge on any atom is 0.337 e. The van der Waals surface area contributed by atoms with Gasteiger partial charge in [-0.25, -0.2) is 9.59 Å². The summed E-state index contributed by atoms with van der Waals surface area (Å²) >= 11 is 0. The molecule has 1 aromatic heterocycles. The van der Waals surface area contributed by atoms with E-state index in [0.29, 0.717) is 17.8 Å². The molecule has 0 radical (unpaired) electrons. The molecule has 0 saturated carbocycles. The summed E-state index contributed by atoms with van der Waals surface area (Å²) in [5.41, 5.74) is 2.17. The Morgan fingerprint density at radius 3 is 2.52 bits per heavy atom. The van der Waals surface area contributed by atoms with E-state index in [-0.39, 0.29) is 11.5 Å². The first-order valence-electron chi connectivity index (χ1n) is 6.19. The van der Waals surface area contributed by atoms with Gasteiger partial charge < -0.3 is 15.2 Å². The summed E-state index contributed by atoms with van der Waals surface area (Å²) in [5.74, 6) is -1.40. The molecule has 0 aliphatic rings. The molecule has 6 nitrogen and oxygen atoms in total. The highest BCUT2D eigenvalue weighted by molar-refractivity contribution is 5.89. The second-order valence-corrected chi connectivity index (χ2v) is 4.31. The van der Waals surface area contributed by atoms with Gasteiger partial charge in [0.15, 0.2) is 0 Å². The highest BCUT2D eigenvalue weighted by atomic mass is 16.5. The number of aromatic carboxylic acids is 1. The van der Waals surface area contributed by atoms with Gasteiger partial charge in [-0.15, -0.1) is 0 Å². The molecule has 0 atom stereocenters. The van der Waals surface area contributed by atoms with E-state index in [9.17, 15) is 9.59 Å². The van der Waals surface area contributed by atoms with Crippen molar-refractivity contribution in [2.45, 2.75) is 6.54 Å². The van der Waals surface area contributed by atoms with E-state index in [1.54, 1.807) is 30.5 Å². The van der Waals surface area contributed by atoms with Crippen LogP contribution in [0.5, 0.6) is 0 Å². The quantitative estimate of drug-likeness (QED) is 0.819. The smallest absolute Gasteiger partial charge is 0.337 e. The normalized spacial score (nSPS) is 9.95. The number of rotatable bonds is 5. The Balaban J connectivity index is 2.01. The number of carboxylic acid groups (broad SMARTS) is 1. The van der Waals surface area contributed by atoms with Gasteiger partial charge in [0.2, 0.25) is 0 Å². The third kappa shape index (κ3) is 3.79. The number of methoxy groups -OCH3 is 1. The van der Waals surface area contributed by atoms with Crippen molar-refractivity contribution in [1.29, 1.82) is 0 Å². The van der Waals surface area contributed by atoms with E-state index < -0.39 is 5.97 Å². The number of carbonyl (C=O) groups excluding carboxylic acids is 1. The van der Waals surface area contributed by atoms with E-state index in [0.717, 1.165) is 5.56 Å². The molecule has 0 unspecified atom stereocenters. The third-order valence-electron chi connectivity index (χ3n) is 2.86. The number of carboxylic acids is 1. The summed E-state index contributed by atoms with van der Waals surface area (Å²) in [4.78, 5) is 26.0. The number of esters is 1. The Morgan fingerprint density at radius 1 is 1.19 bits per heavy atom. The number of aromatic nitrogens is 1. The molecule has 1 aromatic carbocycles. The average molecular weight is 286 g/mol. The first-order chi connectivity index (χ1) is 10.1. The van der Waals surface area contributed by atoms with Crippen molar-refractivity contribution in [2.75, 3.05) is 12.4 Å². The van der Waals surface area contributed by atoms with Gasteiger partial charge in [-0.1, -0.05) is 12.1 Å². The van der Waals surface area contributed by atoms with E-state index in [1.165, 1.54) is 19.4 Å². The van der Waals surface area contributed by atoms with Crippen LogP contribution in [-0.2, 0) is 11.3 Å². The summed E-state index contributed by atoms with van der Waals surface area (Å²) in [6.45, 7) is 0.492. The minimum Gasteiger partial charge on any atom is -0.478 e. The number of carbonyl (C=O) groups is 2. The summed E-state index contributed by atoms with van der Waals surface area (Å²) in [6, 6.07) is 8.46. The topological polar surface area (TPSA) is 88.5 Å². The number of pyridine rings is 1. The fourth-order valence-electron chi connectivity index (χ4n) is 1.73. The number of hydrogen-bond donors (Lipinski definition) is 2. The Bertz CT molecular complexity index is 653. The van der Waals surface area contributed by atoms with E-state index in [1.807, 2.05) is 0 Å². The summed E-state index contributed by atoms with van der Waals surface area (Å²) in [6.07, 6.45) is 2.84. The lowest BCUT2D eigenvalue weighted by atomic mass is 10.1. The number of ether oxygens (including phenoxy) is 1. The SMILES string of the molecule is COC(=O)c1ccc(CNc2cncc(C(=O)O)c2)cc1. The van der Waals surface area contributed by atoms with Gasteiger partial charge in [-0.05, 0) is 23.8 Å². The fraction of sp³-hybridized carbons (Fsp3) is 0.133. The van der Waals surface area contributed by atoms with Gasteiger partial charge >= 0.3 is 11.9 Å². The van der Waals surface area contributed by atoms with E-state index >= 15 is 0 Å². The van der Waals surface area contributed by atoms with Gasteiger partial charge in [0, 0.05) is 18.9 Å². The number of anilines is 1. The average Bonchev–Trinajstić information content (AvgIpc) is 2.53. The standard InChI is InChI=1S/C15H14N2O4/c1-21-15(20)11-4-2-10(3-5-11)7-17-13-6-12(14(18)19)8-16-9-13/h2-6,8-9,17H,7H2,1H3,(H,18,19). The van der Waals surface area contributed by atoms with Crippen molar-refractivity contribution in [3.63, 3.8) is 0 Å². The number of nitrogens with one attached hydrogen (secondary N) is 1. The summed E-state index contributed by atoms with van der Waals surface area (Å²) < 4.78 is 4.62. The van der Waals surface area contributed by atoms with Crippen LogP contribution < -0.4 is 5.32 Å². The van der Waals surface area contributed by atoms with Crippen LogP contribution in [0, 0.1) is 0 Å². The van der Waals surface area contributed by atoms with Crippen molar-refractivity contribution >= 4 is 17.6 Å². The van der Waals surface area contributed by atoms with Crippen LogP contribution in [0.4, 0.5) is 5.69 Å². The third-order valence-corrected chi connectivity index (χ3v) is 2.86. The maximum absolute atomic E-state index is 11.3. The van der Waals surface area contributed by atoms with Crippen LogP contribution >= 0.6 is 0 Å². The second-order valence-electron chi connectivity index (χ2n) is 4.31. The molecule has 6 heteroatoms. The van der Waals surface area contributed by atoms with Gasteiger partial charge in [-0.3, -0.25) is 4.98 Å². The monoisotopic (exact) mass is 286 g/mol. The molecule has 0 saturated heterocycles. The predicted octanol–water partition coefficient (Wildman–Crippen LogP) is 2.18. The molecule has 21 heavy (non-hydrogen) atoms. The molecule has 0 aliphatic carbocycles.